The van der Waals surface area contributed by atoms with Gasteiger partial charge in [-0.1, -0.05) is 17.7 Å². The van der Waals surface area contributed by atoms with Crippen molar-refractivity contribution in [1.82, 2.24) is 0 Å². The van der Waals surface area contributed by atoms with Crippen LogP contribution in [0.1, 0.15) is 11.7 Å². The van der Waals surface area contributed by atoms with Crippen LogP contribution in [0.4, 0.5) is 5.69 Å². The zero-order valence-electron chi connectivity index (χ0n) is 8.55. The molecule has 0 aliphatic rings. The number of carbonyl (C=O) groups is 1. The van der Waals surface area contributed by atoms with Gasteiger partial charge in [0.25, 0.3) is 0 Å². The fourth-order valence-electron chi connectivity index (χ4n) is 1.18. The number of nitrogen functional groups attached to an aromatic ring is 1. The van der Waals surface area contributed by atoms with Crippen LogP contribution < -0.4 is 5.73 Å². The van der Waals surface area contributed by atoms with Gasteiger partial charge in [0.15, 0.2) is 6.10 Å². The van der Waals surface area contributed by atoms with Crippen LogP contribution in [0, 0.1) is 0 Å². The van der Waals surface area contributed by atoms with E-state index in [1.807, 2.05) is 0 Å². The second kappa shape index (κ2) is 5.16. The molecule has 0 radical (unpaired) electrons. The van der Waals surface area contributed by atoms with E-state index in [0.717, 1.165) is 7.11 Å². The van der Waals surface area contributed by atoms with Gasteiger partial charge in [-0.2, -0.15) is 0 Å². The minimum atomic E-state index is -1.65. The summed E-state index contributed by atoms with van der Waals surface area (Å²) in [5.41, 5.74) is 6.08. The molecule has 0 saturated carbocycles. The molecule has 0 heterocycles. The lowest BCUT2D eigenvalue weighted by atomic mass is 10.0. The molecule has 0 spiro atoms. The SMILES string of the molecule is COC(=O)C(O)C(O)c1ccc(Cl)c(N)c1. The Hall–Kier alpha value is -1.30. The standard InChI is InChI=1S/C10H12ClNO4/c1-16-10(15)9(14)8(13)5-2-3-6(11)7(12)4-5/h2-4,8-9,13-14H,12H2,1H3. The van der Waals surface area contributed by atoms with Gasteiger partial charge in [-0.05, 0) is 17.7 Å². The third-order valence-electron chi connectivity index (χ3n) is 2.10. The fourth-order valence-corrected chi connectivity index (χ4v) is 1.30. The predicted octanol–water partition coefficient (Wildman–Crippen LogP) is 0.490. The summed E-state index contributed by atoms with van der Waals surface area (Å²) in [5, 5.41) is 19.4. The second-order valence-corrected chi connectivity index (χ2v) is 3.60. The first-order valence-corrected chi connectivity index (χ1v) is 4.84. The van der Waals surface area contributed by atoms with Crippen molar-refractivity contribution in [2.45, 2.75) is 12.2 Å². The first kappa shape index (κ1) is 12.8. The molecule has 16 heavy (non-hydrogen) atoms. The van der Waals surface area contributed by atoms with Crippen LogP contribution >= 0.6 is 11.6 Å². The van der Waals surface area contributed by atoms with E-state index in [2.05, 4.69) is 4.74 Å². The van der Waals surface area contributed by atoms with E-state index < -0.39 is 18.2 Å². The van der Waals surface area contributed by atoms with Gasteiger partial charge in [-0.25, -0.2) is 4.79 Å². The lowest BCUT2D eigenvalue weighted by molar-refractivity contribution is -0.156. The number of benzene rings is 1. The Morgan fingerprint density at radius 2 is 2.12 bits per heavy atom. The maximum Gasteiger partial charge on any atom is 0.337 e. The highest BCUT2D eigenvalue weighted by Gasteiger charge is 2.26. The molecule has 0 aromatic heterocycles. The Morgan fingerprint density at radius 3 is 2.62 bits per heavy atom. The number of aliphatic hydroxyl groups is 2. The van der Waals surface area contributed by atoms with Gasteiger partial charge in [-0.15, -0.1) is 0 Å². The van der Waals surface area contributed by atoms with Crippen LogP contribution in [0.25, 0.3) is 0 Å². The predicted molar refractivity (Wildman–Crippen MR) is 58.8 cm³/mol. The smallest absolute Gasteiger partial charge is 0.337 e. The highest BCUT2D eigenvalue weighted by molar-refractivity contribution is 6.33. The minimum Gasteiger partial charge on any atom is -0.467 e. The molecule has 0 fully saturated rings. The van der Waals surface area contributed by atoms with E-state index in [4.69, 9.17) is 17.3 Å². The molecule has 5 nitrogen and oxygen atoms in total. The molecular formula is C10H12ClNO4. The van der Waals surface area contributed by atoms with Gasteiger partial charge in [0, 0.05) is 0 Å². The molecule has 1 aromatic rings. The quantitative estimate of drug-likeness (QED) is 0.532. The zero-order chi connectivity index (χ0) is 12.3. The van der Waals surface area contributed by atoms with E-state index >= 15 is 0 Å². The van der Waals surface area contributed by atoms with Crippen LogP contribution in [-0.2, 0) is 9.53 Å². The van der Waals surface area contributed by atoms with Crippen molar-refractivity contribution in [3.8, 4) is 0 Å². The summed E-state index contributed by atoms with van der Waals surface area (Å²) in [6.45, 7) is 0. The Morgan fingerprint density at radius 1 is 1.50 bits per heavy atom. The summed E-state index contributed by atoms with van der Waals surface area (Å²) < 4.78 is 4.30. The van der Waals surface area contributed by atoms with E-state index in [0.29, 0.717) is 10.6 Å². The van der Waals surface area contributed by atoms with E-state index in [9.17, 15) is 15.0 Å². The monoisotopic (exact) mass is 245 g/mol. The number of hydrogen-bond donors (Lipinski definition) is 3. The first-order valence-electron chi connectivity index (χ1n) is 4.46. The van der Waals surface area contributed by atoms with Crippen LogP contribution in [0.15, 0.2) is 18.2 Å². The van der Waals surface area contributed by atoms with Crippen molar-refractivity contribution in [3.05, 3.63) is 28.8 Å². The van der Waals surface area contributed by atoms with Gasteiger partial charge in [0.2, 0.25) is 0 Å². The number of aliphatic hydroxyl groups excluding tert-OH is 2. The zero-order valence-corrected chi connectivity index (χ0v) is 9.31. The molecule has 0 amide bonds. The lowest BCUT2D eigenvalue weighted by Gasteiger charge is -2.16. The highest BCUT2D eigenvalue weighted by atomic mass is 35.5. The molecule has 0 aliphatic heterocycles. The van der Waals surface area contributed by atoms with E-state index in [1.54, 1.807) is 0 Å². The summed E-state index contributed by atoms with van der Waals surface area (Å²) in [4.78, 5) is 11.0. The Kier molecular flexibility index (Phi) is 4.12. The topological polar surface area (TPSA) is 92.8 Å². The Bertz CT molecular complexity index is 396. The molecule has 6 heteroatoms. The molecule has 1 aromatic carbocycles. The van der Waals surface area contributed by atoms with Crippen molar-refractivity contribution in [2.24, 2.45) is 0 Å². The number of esters is 1. The molecule has 88 valence electrons. The van der Waals surface area contributed by atoms with Crippen LogP contribution in [-0.4, -0.2) is 29.4 Å². The number of ether oxygens (including phenoxy) is 1. The van der Waals surface area contributed by atoms with Crippen molar-refractivity contribution in [1.29, 1.82) is 0 Å². The number of methoxy groups -OCH3 is 1. The maximum atomic E-state index is 11.0. The number of hydrogen-bond acceptors (Lipinski definition) is 5. The summed E-state index contributed by atoms with van der Waals surface area (Å²) in [5.74, 6) is -0.916. The van der Waals surface area contributed by atoms with Crippen LogP contribution in [0.3, 0.4) is 0 Å². The van der Waals surface area contributed by atoms with Gasteiger partial charge in [0.1, 0.15) is 6.10 Å². The summed E-state index contributed by atoms with van der Waals surface area (Å²) in [6, 6.07) is 4.33. The minimum absolute atomic E-state index is 0.260. The summed E-state index contributed by atoms with van der Waals surface area (Å²) in [7, 11) is 1.12. The normalized spacial score (nSPS) is 14.2. The largest absolute Gasteiger partial charge is 0.467 e. The van der Waals surface area contributed by atoms with Crippen LogP contribution in [0.2, 0.25) is 5.02 Å². The summed E-state index contributed by atoms with van der Waals surface area (Å²) in [6.07, 6.45) is -3.04. The lowest BCUT2D eigenvalue weighted by Crippen LogP contribution is -2.29. The van der Waals surface area contributed by atoms with Gasteiger partial charge in [-0.3, -0.25) is 0 Å². The second-order valence-electron chi connectivity index (χ2n) is 3.19. The van der Waals surface area contributed by atoms with Crippen molar-refractivity contribution < 1.29 is 19.7 Å². The van der Waals surface area contributed by atoms with Crippen molar-refractivity contribution in [2.75, 3.05) is 12.8 Å². The fraction of sp³-hybridized carbons (Fsp3) is 0.300. The number of anilines is 1. The molecule has 0 saturated heterocycles. The molecule has 1 rings (SSSR count). The third-order valence-corrected chi connectivity index (χ3v) is 2.45. The molecule has 0 bridgehead atoms. The van der Waals surface area contributed by atoms with Crippen molar-refractivity contribution in [3.63, 3.8) is 0 Å². The van der Waals surface area contributed by atoms with E-state index in [-0.39, 0.29) is 5.69 Å². The number of halogens is 1. The van der Waals surface area contributed by atoms with E-state index in [1.165, 1.54) is 18.2 Å². The number of rotatable bonds is 3. The molecule has 0 aliphatic carbocycles. The number of carbonyl (C=O) groups excluding carboxylic acids is 1. The van der Waals surface area contributed by atoms with Gasteiger partial charge < -0.3 is 20.7 Å². The Labute approximate surface area is 97.4 Å². The van der Waals surface area contributed by atoms with Crippen molar-refractivity contribution >= 4 is 23.3 Å². The first-order chi connectivity index (χ1) is 7.47. The third kappa shape index (κ3) is 2.63. The van der Waals surface area contributed by atoms with Crippen LogP contribution in [0.5, 0.6) is 0 Å². The molecule has 2 atom stereocenters. The Balaban J connectivity index is 2.91. The maximum absolute atomic E-state index is 11.0. The highest BCUT2D eigenvalue weighted by Crippen LogP contribution is 2.25. The van der Waals surface area contributed by atoms with Gasteiger partial charge in [0.05, 0.1) is 17.8 Å². The average Bonchev–Trinajstić information content (AvgIpc) is 2.29. The van der Waals surface area contributed by atoms with Gasteiger partial charge >= 0.3 is 5.97 Å². The summed E-state index contributed by atoms with van der Waals surface area (Å²) >= 11 is 5.69. The average molecular weight is 246 g/mol. The molecule has 2 unspecified atom stereocenters. The number of nitrogens with two attached hydrogens (primary N) is 1. The molecule has 4 N–H and O–H groups in total. The molecular weight excluding hydrogens is 234 g/mol.